The molecule has 0 radical (unpaired) electrons. The van der Waals surface area contributed by atoms with Gasteiger partial charge in [0.05, 0.1) is 29.2 Å². The summed E-state index contributed by atoms with van der Waals surface area (Å²) in [6, 6.07) is 5.78. The van der Waals surface area contributed by atoms with Gasteiger partial charge >= 0.3 is 0 Å². The number of rotatable bonds is 2. The fourth-order valence-corrected chi connectivity index (χ4v) is 1.50. The van der Waals surface area contributed by atoms with Crippen molar-refractivity contribution in [3.8, 4) is 11.8 Å². The third kappa shape index (κ3) is 1.88. The van der Waals surface area contributed by atoms with Gasteiger partial charge in [0.25, 0.3) is 0 Å². The van der Waals surface area contributed by atoms with Crippen molar-refractivity contribution >= 4 is 0 Å². The zero-order valence-corrected chi connectivity index (χ0v) is 9.05. The highest BCUT2D eigenvalue weighted by Crippen LogP contribution is 2.16. The summed E-state index contributed by atoms with van der Waals surface area (Å²) in [4.78, 5) is 0. The van der Waals surface area contributed by atoms with Crippen molar-refractivity contribution in [2.75, 3.05) is 0 Å². The molecule has 0 saturated heterocycles. The molecule has 86 valence electrons. The Hall–Kier alpha value is -2.26. The molecule has 2 aromatic rings. The molecule has 6 heteroatoms. The maximum absolute atomic E-state index is 13.2. The summed E-state index contributed by atoms with van der Waals surface area (Å²) < 4.78 is 14.5. The van der Waals surface area contributed by atoms with E-state index in [1.165, 1.54) is 22.9 Å². The van der Waals surface area contributed by atoms with Gasteiger partial charge in [-0.25, -0.2) is 9.07 Å². The molecular weight excluding hydrogens is 223 g/mol. The third-order valence-electron chi connectivity index (χ3n) is 2.42. The topological polar surface area (TPSA) is 74.7 Å². The van der Waals surface area contributed by atoms with Crippen LogP contribution in [0.3, 0.4) is 0 Å². The highest BCUT2D eigenvalue weighted by Gasteiger charge is 2.11. The first-order valence-corrected chi connectivity index (χ1v) is 4.89. The Kier molecular flexibility index (Phi) is 2.85. The molecule has 0 aliphatic rings. The van der Waals surface area contributed by atoms with Crippen molar-refractivity contribution in [1.29, 1.82) is 5.26 Å². The Morgan fingerprint density at radius 1 is 1.53 bits per heavy atom. The molecule has 5 nitrogen and oxygen atoms in total. The first-order valence-electron chi connectivity index (χ1n) is 4.89. The highest BCUT2D eigenvalue weighted by atomic mass is 19.1. The predicted molar refractivity (Wildman–Crippen MR) is 56.7 cm³/mol. The van der Waals surface area contributed by atoms with E-state index in [2.05, 4.69) is 10.3 Å². The number of nitrogens with zero attached hydrogens (tertiary/aromatic N) is 4. The van der Waals surface area contributed by atoms with E-state index in [0.29, 0.717) is 17.1 Å². The van der Waals surface area contributed by atoms with Gasteiger partial charge in [0, 0.05) is 0 Å². The lowest BCUT2D eigenvalue weighted by atomic mass is 10.2. The number of aliphatic hydroxyl groups is 1. The second-order valence-corrected chi connectivity index (χ2v) is 3.47. The molecule has 0 aliphatic carbocycles. The van der Waals surface area contributed by atoms with E-state index in [-0.39, 0.29) is 12.2 Å². The van der Waals surface area contributed by atoms with Crippen LogP contribution in [0.5, 0.6) is 0 Å². The van der Waals surface area contributed by atoms with E-state index in [9.17, 15) is 9.50 Å². The van der Waals surface area contributed by atoms with E-state index in [4.69, 9.17) is 5.26 Å². The van der Waals surface area contributed by atoms with Gasteiger partial charge in [-0.3, -0.25) is 0 Å². The van der Waals surface area contributed by atoms with E-state index in [1.807, 2.05) is 0 Å². The fourth-order valence-electron chi connectivity index (χ4n) is 1.50. The lowest BCUT2D eigenvalue weighted by Crippen LogP contribution is -2.03. The number of hydrogen-bond donors (Lipinski definition) is 1. The van der Waals surface area contributed by atoms with E-state index in [1.54, 1.807) is 13.0 Å². The Morgan fingerprint density at radius 2 is 2.29 bits per heavy atom. The molecular formula is C11H9FN4O. The molecule has 0 unspecified atom stereocenters. The molecule has 17 heavy (non-hydrogen) atoms. The van der Waals surface area contributed by atoms with E-state index >= 15 is 0 Å². The van der Waals surface area contributed by atoms with Gasteiger partial charge in [-0.2, -0.15) is 5.26 Å². The Labute approximate surface area is 96.7 Å². The van der Waals surface area contributed by atoms with Crippen LogP contribution in [0.15, 0.2) is 18.2 Å². The Bertz CT molecular complexity index is 600. The van der Waals surface area contributed by atoms with Crippen molar-refractivity contribution in [3.05, 3.63) is 41.0 Å². The van der Waals surface area contributed by atoms with Crippen molar-refractivity contribution in [3.63, 3.8) is 0 Å². The van der Waals surface area contributed by atoms with Crippen molar-refractivity contribution in [2.45, 2.75) is 13.5 Å². The van der Waals surface area contributed by atoms with Crippen LogP contribution in [0.1, 0.15) is 17.0 Å². The largest absolute Gasteiger partial charge is 0.390 e. The minimum atomic E-state index is -0.585. The average Bonchev–Trinajstić information content (AvgIpc) is 2.71. The van der Waals surface area contributed by atoms with Gasteiger partial charge in [0.2, 0.25) is 0 Å². The van der Waals surface area contributed by atoms with Crippen LogP contribution in [-0.2, 0) is 6.61 Å². The van der Waals surface area contributed by atoms with Gasteiger partial charge in [-0.15, -0.1) is 5.10 Å². The normalized spacial score (nSPS) is 10.2. The van der Waals surface area contributed by atoms with Crippen molar-refractivity contribution in [1.82, 2.24) is 15.0 Å². The van der Waals surface area contributed by atoms with Crippen molar-refractivity contribution in [2.24, 2.45) is 0 Å². The number of aromatic nitrogens is 3. The molecule has 0 saturated carbocycles. The molecule has 0 amide bonds. The fraction of sp³-hybridized carbons (Fsp3) is 0.182. The van der Waals surface area contributed by atoms with Crippen LogP contribution in [-0.4, -0.2) is 20.1 Å². The monoisotopic (exact) mass is 232 g/mol. The molecule has 1 N–H and O–H groups in total. The average molecular weight is 232 g/mol. The summed E-state index contributed by atoms with van der Waals surface area (Å²) in [6.45, 7) is 1.49. The number of aryl methyl sites for hydroxylation is 1. The zero-order valence-electron chi connectivity index (χ0n) is 9.05. The summed E-state index contributed by atoms with van der Waals surface area (Å²) in [7, 11) is 0. The van der Waals surface area contributed by atoms with Crippen LogP contribution in [0.25, 0.3) is 5.69 Å². The third-order valence-corrected chi connectivity index (χ3v) is 2.42. The standard InChI is InChI=1S/C11H9FN4O/c1-7-11(6-17)16(15-14-7)9-2-3-10(12)8(4-9)5-13/h2-4,17H,6H2,1H3. The van der Waals surface area contributed by atoms with Gasteiger partial charge in [0.1, 0.15) is 11.9 Å². The first kappa shape index (κ1) is 11.2. The minimum Gasteiger partial charge on any atom is -0.390 e. The second kappa shape index (κ2) is 4.31. The molecule has 1 aromatic heterocycles. The maximum atomic E-state index is 13.2. The Balaban J connectivity index is 2.57. The summed E-state index contributed by atoms with van der Waals surface area (Å²) in [5.41, 5.74) is 1.53. The van der Waals surface area contributed by atoms with Gasteiger partial charge in [-0.1, -0.05) is 5.21 Å². The molecule has 0 bridgehead atoms. The second-order valence-electron chi connectivity index (χ2n) is 3.47. The lowest BCUT2D eigenvalue weighted by Gasteiger charge is -2.05. The quantitative estimate of drug-likeness (QED) is 0.840. The summed E-state index contributed by atoms with van der Waals surface area (Å²) in [5, 5.41) is 25.6. The van der Waals surface area contributed by atoms with Gasteiger partial charge in [0.15, 0.2) is 0 Å². The number of benzene rings is 1. The van der Waals surface area contributed by atoms with Crippen LogP contribution < -0.4 is 0 Å². The molecule has 1 heterocycles. The number of nitriles is 1. The van der Waals surface area contributed by atoms with Crippen LogP contribution >= 0.6 is 0 Å². The number of hydrogen-bond acceptors (Lipinski definition) is 4. The minimum absolute atomic E-state index is 0.0699. The molecule has 0 aliphatic heterocycles. The molecule has 1 aromatic carbocycles. The summed E-state index contributed by atoms with van der Waals surface area (Å²) >= 11 is 0. The highest BCUT2D eigenvalue weighted by molar-refractivity contribution is 5.42. The zero-order chi connectivity index (χ0) is 12.4. The molecule has 0 spiro atoms. The van der Waals surface area contributed by atoms with Crippen LogP contribution in [0.4, 0.5) is 4.39 Å². The smallest absolute Gasteiger partial charge is 0.141 e. The number of aliphatic hydroxyl groups excluding tert-OH is 1. The van der Waals surface area contributed by atoms with Crippen LogP contribution in [0.2, 0.25) is 0 Å². The van der Waals surface area contributed by atoms with E-state index in [0.717, 1.165) is 0 Å². The Morgan fingerprint density at radius 3 is 2.94 bits per heavy atom. The van der Waals surface area contributed by atoms with Crippen LogP contribution in [0, 0.1) is 24.1 Å². The number of halogens is 1. The first-order chi connectivity index (χ1) is 8.17. The predicted octanol–water partition coefficient (Wildman–Crippen LogP) is 1.08. The molecule has 0 fully saturated rings. The van der Waals surface area contributed by atoms with Gasteiger partial charge in [-0.05, 0) is 25.1 Å². The lowest BCUT2D eigenvalue weighted by molar-refractivity contribution is 0.272. The van der Waals surface area contributed by atoms with Crippen molar-refractivity contribution < 1.29 is 9.50 Å². The SMILES string of the molecule is Cc1nnn(-c2ccc(F)c(C#N)c2)c1CO. The van der Waals surface area contributed by atoms with Gasteiger partial charge < -0.3 is 5.11 Å². The summed E-state index contributed by atoms with van der Waals surface area (Å²) in [5.74, 6) is -0.585. The molecule has 2 rings (SSSR count). The van der Waals surface area contributed by atoms with E-state index < -0.39 is 5.82 Å². The maximum Gasteiger partial charge on any atom is 0.141 e. The molecule has 0 atom stereocenters. The summed E-state index contributed by atoms with van der Waals surface area (Å²) in [6.07, 6.45) is 0.